The molecule has 1 aromatic heterocycles. The Morgan fingerprint density at radius 1 is 0.476 bits per heavy atom. The lowest BCUT2D eigenvalue weighted by Crippen LogP contribution is -2.60. The number of carbonyl (C=O) groups excluding carboxylic acids is 7. The predicted molar refractivity (Wildman–Crippen MR) is 296 cm³/mol. The fourth-order valence-electron chi connectivity index (χ4n) is 8.72. The number of phenols is 1. The monoisotopic (exact) mass is 1140 g/mol. The van der Waals surface area contributed by atoms with E-state index in [1.54, 1.807) is 74.6 Å². The van der Waals surface area contributed by atoms with Crippen molar-refractivity contribution in [2.24, 2.45) is 17.4 Å². The van der Waals surface area contributed by atoms with Crippen LogP contribution in [0, 0.1) is 5.92 Å². The van der Waals surface area contributed by atoms with Gasteiger partial charge in [0.25, 0.3) is 0 Å². The number of nitrogens with two attached hydrogens (primary N) is 2. The number of phenolic OH excluding ortho intramolecular Hbond substituents is 1. The molecule has 444 valence electrons. The Morgan fingerprint density at radius 3 is 1.44 bits per heavy atom. The lowest BCUT2D eigenvalue weighted by Gasteiger charge is -2.28. The van der Waals surface area contributed by atoms with Crippen molar-refractivity contribution in [1.29, 1.82) is 0 Å². The number of aromatic hydroxyl groups is 1. The second kappa shape index (κ2) is 33.0. The van der Waals surface area contributed by atoms with E-state index in [4.69, 9.17) is 16.6 Å². The molecule has 0 radical (unpaired) electrons. The Hall–Kier alpha value is -8.91. The summed E-state index contributed by atoms with van der Waals surface area (Å²) in [6, 6.07) is 8.91. The number of amides is 7. The van der Waals surface area contributed by atoms with Gasteiger partial charge in [-0.25, -0.2) is 4.79 Å². The molecule has 0 fully saturated rings. The van der Waals surface area contributed by atoms with Crippen molar-refractivity contribution in [3.05, 3.63) is 102 Å². The summed E-state index contributed by atoms with van der Waals surface area (Å²) in [5.41, 5.74) is 13.9. The van der Waals surface area contributed by atoms with Gasteiger partial charge >= 0.3 is 23.9 Å². The van der Waals surface area contributed by atoms with E-state index >= 15 is 0 Å². The summed E-state index contributed by atoms with van der Waals surface area (Å²) < 4.78 is 0. The molecule has 0 aliphatic rings. The van der Waals surface area contributed by atoms with Gasteiger partial charge in [0.05, 0.1) is 6.04 Å². The molecule has 0 saturated heterocycles. The van der Waals surface area contributed by atoms with Crippen LogP contribution in [0.3, 0.4) is 0 Å². The number of fused-ring (bicyclic) bond motifs is 1. The highest BCUT2D eigenvalue weighted by molar-refractivity contribution is 5.98. The summed E-state index contributed by atoms with van der Waals surface area (Å²) in [6.45, 7) is 3.72. The van der Waals surface area contributed by atoms with E-state index < -0.39 is 146 Å². The first-order valence-corrected chi connectivity index (χ1v) is 26.8. The van der Waals surface area contributed by atoms with E-state index in [0.717, 1.165) is 0 Å². The summed E-state index contributed by atoms with van der Waals surface area (Å²) in [6.07, 6.45) is -1.64. The average Bonchev–Trinajstić information content (AvgIpc) is 4.00. The van der Waals surface area contributed by atoms with Gasteiger partial charge < -0.3 is 79.2 Å². The van der Waals surface area contributed by atoms with E-state index in [2.05, 4.69) is 42.2 Å². The minimum atomic E-state index is -1.76. The molecule has 8 atom stereocenters. The maximum absolute atomic E-state index is 14.7. The van der Waals surface area contributed by atoms with Crippen LogP contribution in [0.4, 0.5) is 0 Å². The Labute approximate surface area is 472 Å². The molecule has 1 heterocycles. The van der Waals surface area contributed by atoms with Crippen LogP contribution in [0.15, 0.2) is 85.1 Å². The number of carboxylic acids is 4. The fourth-order valence-corrected chi connectivity index (χ4v) is 8.72. The van der Waals surface area contributed by atoms with Crippen molar-refractivity contribution in [3.63, 3.8) is 0 Å². The Kier molecular flexibility index (Phi) is 26.4. The molecule has 0 bridgehead atoms. The first-order valence-electron chi connectivity index (χ1n) is 26.8. The molecule has 82 heavy (non-hydrogen) atoms. The summed E-state index contributed by atoms with van der Waals surface area (Å²) >= 11 is 0. The Bertz CT molecular complexity index is 2850. The molecule has 4 rings (SSSR count). The van der Waals surface area contributed by atoms with E-state index in [1.807, 2.05) is 0 Å². The second-order valence-corrected chi connectivity index (χ2v) is 20.2. The van der Waals surface area contributed by atoms with Crippen molar-refractivity contribution in [1.82, 2.24) is 42.2 Å². The molecule has 7 amide bonds. The summed E-state index contributed by atoms with van der Waals surface area (Å²) in [7, 11) is 0. The van der Waals surface area contributed by atoms with Gasteiger partial charge in [0.2, 0.25) is 41.4 Å². The number of aromatic amines is 1. The van der Waals surface area contributed by atoms with Crippen LogP contribution in [-0.4, -0.2) is 151 Å². The minimum Gasteiger partial charge on any atom is -0.508 e. The van der Waals surface area contributed by atoms with Crippen LogP contribution in [-0.2, 0) is 72.0 Å². The number of rotatable bonds is 36. The predicted octanol–water partition coefficient (Wildman–Crippen LogP) is 0.476. The van der Waals surface area contributed by atoms with Crippen LogP contribution >= 0.6 is 0 Å². The van der Waals surface area contributed by atoms with Gasteiger partial charge in [-0.2, -0.15) is 0 Å². The number of hydrogen-bond donors (Lipinski definition) is 15. The maximum Gasteiger partial charge on any atom is 0.326 e. The largest absolute Gasteiger partial charge is 0.508 e. The molecule has 0 spiro atoms. The van der Waals surface area contributed by atoms with Crippen molar-refractivity contribution in [2.75, 3.05) is 6.54 Å². The average molecular weight is 1140 g/mol. The number of nitrogens with one attached hydrogen (secondary N) is 8. The van der Waals surface area contributed by atoms with E-state index in [0.29, 0.717) is 34.0 Å². The molecule has 0 unspecified atom stereocenters. The van der Waals surface area contributed by atoms with E-state index in [-0.39, 0.29) is 63.2 Å². The van der Waals surface area contributed by atoms with Crippen molar-refractivity contribution in [3.8, 4) is 5.75 Å². The summed E-state index contributed by atoms with van der Waals surface area (Å²) in [4.78, 5) is 149. The van der Waals surface area contributed by atoms with Gasteiger partial charge in [0.1, 0.15) is 48.0 Å². The maximum atomic E-state index is 14.7. The third kappa shape index (κ3) is 22.3. The normalized spacial score (nSPS) is 14.1. The molecule has 26 heteroatoms. The van der Waals surface area contributed by atoms with Gasteiger partial charge in [-0.1, -0.05) is 74.5 Å². The molecular formula is C56H74N10O16. The Balaban J connectivity index is 1.66. The molecule has 0 saturated carbocycles. The standard InChI is InChI=1S/C56H74N10O16/c1-31(2)26-42(64-54(79)43(27-33-15-17-35(67)18-16-33)63-49(74)37(58)19-22-46(68)69)53(78)60-39(14-8-9-25-57)50(75)65-44(29-34-30-59-38-13-7-6-12-36(34)38)55(80)62-40(20-23-47(70)71)51(76)61-41(21-24-48(72)73)52(77)66-45(56(81)82)28-32-10-4-3-5-11-32/h3-7,10-13,15-18,30-31,37,39-45,59,67H,8-9,14,19-29,57-58H2,1-2H3,(H,60,78)(H,61,76)(H,62,80)(H,63,74)(H,64,79)(H,65,75)(H,66,77)(H,68,69)(H,70,71)(H,72,73)(H,81,82)/t37-,39-,40-,41-,42-,43-,44-,45-/m0/s1. The lowest BCUT2D eigenvalue weighted by atomic mass is 9.99. The zero-order chi connectivity index (χ0) is 60.5. The number of carboxylic acid groups (broad SMARTS) is 4. The topological polar surface area (TPSA) is 441 Å². The van der Waals surface area contributed by atoms with Crippen LogP contribution in [0.2, 0.25) is 0 Å². The van der Waals surface area contributed by atoms with Crippen molar-refractivity contribution >= 4 is 76.1 Å². The summed E-state index contributed by atoms with van der Waals surface area (Å²) in [5.74, 6) is -12.5. The lowest BCUT2D eigenvalue weighted by molar-refractivity contribution is -0.143. The molecule has 0 aliphatic heterocycles. The number of H-pyrrole nitrogens is 1. The zero-order valence-electron chi connectivity index (χ0n) is 45.6. The van der Waals surface area contributed by atoms with Gasteiger partial charge in [-0.3, -0.25) is 47.9 Å². The van der Waals surface area contributed by atoms with Gasteiger partial charge in [0.15, 0.2) is 0 Å². The first-order chi connectivity index (χ1) is 38.9. The number of aromatic nitrogens is 1. The van der Waals surface area contributed by atoms with Crippen LogP contribution in [0.5, 0.6) is 5.75 Å². The first kappa shape index (κ1) is 65.6. The molecule has 0 aliphatic carbocycles. The number of hydrogen-bond acceptors (Lipinski definition) is 14. The number of aliphatic carboxylic acids is 4. The third-order valence-electron chi connectivity index (χ3n) is 13.1. The number of benzene rings is 3. The zero-order valence-corrected chi connectivity index (χ0v) is 45.6. The molecule has 26 nitrogen and oxygen atoms in total. The van der Waals surface area contributed by atoms with Crippen LogP contribution in [0.1, 0.15) is 94.7 Å². The molecular weight excluding hydrogens is 1070 g/mol. The number of para-hydroxylation sites is 1. The highest BCUT2D eigenvalue weighted by Gasteiger charge is 2.36. The quantitative estimate of drug-likeness (QED) is 0.0275. The molecule has 17 N–H and O–H groups in total. The highest BCUT2D eigenvalue weighted by Crippen LogP contribution is 2.20. The Morgan fingerprint density at radius 2 is 0.902 bits per heavy atom. The van der Waals surface area contributed by atoms with Gasteiger partial charge in [-0.15, -0.1) is 0 Å². The number of unbranched alkanes of at least 4 members (excludes halogenated alkanes) is 1. The van der Waals surface area contributed by atoms with E-state index in [9.17, 15) is 73.2 Å². The highest BCUT2D eigenvalue weighted by atomic mass is 16.4. The second-order valence-electron chi connectivity index (χ2n) is 20.2. The fraction of sp³-hybridized carbons (Fsp3) is 0.446. The minimum absolute atomic E-state index is 0.00472. The van der Waals surface area contributed by atoms with Crippen molar-refractivity contribution < 1.29 is 78.3 Å². The van der Waals surface area contributed by atoms with Gasteiger partial charge in [-0.05, 0) is 92.3 Å². The smallest absolute Gasteiger partial charge is 0.326 e. The van der Waals surface area contributed by atoms with Crippen molar-refractivity contribution in [2.45, 2.75) is 146 Å². The van der Waals surface area contributed by atoms with Gasteiger partial charge in [0, 0.05) is 55.6 Å². The van der Waals surface area contributed by atoms with Crippen LogP contribution in [0.25, 0.3) is 10.9 Å². The molecule has 4 aromatic rings. The third-order valence-corrected chi connectivity index (χ3v) is 13.1. The van der Waals surface area contributed by atoms with Crippen LogP contribution < -0.4 is 48.7 Å². The summed E-state index contributed by atoms with van der Waals surface area (Å²) in [5, 5.41) is 66.6. The number of carbonyl (C=O) groups is 11. The van der Waals surface area contributed by atoms with E-state index in [1.165, 1.54) is 24.3 Å². The molecule has 3 aromatic carbocycles. The SMILES string of the molecule is CC(C)C[C@H](NC(=O)[C@H](Cc1ccc(O)cc1)NC(=O)[C@@H](N)CCC(=O)O)C(=O)N[C@@H](CCCCN)C(=O)N[C@@H](Cc1c[nH]c2ccccc12)C(=O)N[C@@H](CCC(=O)O)C(=O)N[C@@H](CCC(=O)O)C(=O)N[C@@H](Cc1ccccc1)C(=O)O.